The highest BCUT2D eigenvalue weighted by atomic mass is 16.5. The first-order valence-electron chi connectivity index (χ1n) is 5.02. The van der Waals surface area contributed by atoms with E-state index in [4.69, 9.17) is 10.5 Å². The summed E-state index contributed by atoms with van der Waals surface area (Å²) in [5, 5.41) is 0. The lowest BCUT2D eigenvalue weighted by atomic mass is 10.1. The summed E-state index contributed by atoms with van der Waals surface area (Å²) in [5.74, 6) is 0.493. The van der Waals surface area contributed by atoms with E-state index in [1.807, 2.05) is 6.92 Å². The van der Waals surface area contributed by atoms with Gasteiger partial charge in [-0.05, 0) is 19.4 Å². The number of hydrogen-bond donors (Lipinski definition) is 1. The Bertz CT molecular complexity index is 337. The van der Waals surface area contributed by atoms with Crippen molar-refractivity contribution >= 4 is 5.78 Å². The Kier molecular flexibility index (Phi) is 4.24. The molecule has 0 saturated heterocycles. The van der Waals surface area contributed by atoms with Crippen LogP contribution in [0.2, 0.25) is 0 Å². The van der Waals surface area contributed by atoms with Gasteiger partial charge in [0.1, 0.15) is 5.75 Å². The van der Waals surface area contributed by atoms with E-state index in [1.165, 1.54) is 6.20 Å². The van der Waals surface area contributed by atoms with Crippen molar-refractivity contribution in [1.82, 2.24) is 4.98 Å². The van der Waals surface area contributed by atoms with Gasteiger partial charge in [0.05, 0.1) is 18.8 Å². The minimum atomic E-state index is -0.506. The van der Waals surface area contributed by atoms with Crippen LogP contribution in [0.5, 0.6) is 5.75 Å². The Hall–Kier alpha value is -1.42. The molecule has 15 heavy (non-hydrogen) atoms. The van der Waals surface area contributed by atoms with Crippen LogP contribution in [-0.2, 0) is 0 Å². The van der Waals surface area contributed by atoms with Crippen molar-refractivity contribution in [1.29, 1.82) is 0 Å². The van der Waals surface area contributed by atoms with Gasteiger partial charge < -0.3 is 10.5 Å². The number of pyridine rings is 1. The van der Waals surface area contributed by atoms with Crippen molar-refractivity contribution in [3.63, 3.8) is 0 Å². The third-order valence-corrected chi connectivity index (χ3v) is 1.88. The van der Waals surface area contributed by atoms with Crippen LogP contribution >= 0.6 is 0 Å². The van der Waals surface area contributed by atoms with Gasteiger partial charge in [-0.3, -0.25) is 9.78 Å². The van der Waals surface area contributed by atoms with Crippen molar-refractivity contribution < 1.29 is 9.53 Å². The van der Waals surface area contributed by atoms with Crippen molar-refractivity contribution in [3.8, 4) is 5.75 Å². The average Bonchev–Trinajstić information content (AvgIpc) is 2.25. The highest BCUT2D eigenvalue weighted by molar-refractivity contribution is 5.99. The number of ketones is 1. The molecule has 0 fully saturated rings. The molecule has 1 atom stereocenters. The van der Waals surface area contributed by atoms with Crippen LogP contribution in [0, 0.1) is 0 Å². The van der Waals surface area contributed by atoms with E-state index in [9.17, 15) is 4.79 Å². The van der Waals surface area contributed by atoms with Crippen LogP contribution in [0.15, 0.2) is 18.5 Å². The second-order valence-electron chi connectivity index (χ2n) is 3.41. The second-order valence-corrected chi connectivity index (χ2v) is 3.41. The van der Waals surface area contributed by atoms with Crippen molar-refractivity contribution in [3.05, 3.63) is 24.0 Å². The molecule has 0 aromatic carbocycles. The number of nitrogens with two attached hydrogens (primary N) is 1. The summed E-state index contributed by atoms with van der Waals surface area (Å²) in [4.78, 5) is 15.5. The summed E-state index contributed by atoms with van der Waals surface area (Å²) in [6.07, 6.45) is 4.02. The fourth-order valence-electron chi connectivity index (χ4n) is 1.12. The molecule has 4 heteroatoms. The van der Waals surface area contributed by atoms with E-state index in [2.05, 4.69) is 4.98 Å². The molecule has 1 unspecified atom stereocenters. The maximum Gasteiger partial charge on any atom is 0.180 e. The van der Waals surface area contributed by atoms with Gasteiger partial charge >= 0.3 is 0 Å². The van der Waals surface area contributed by atoms with Crippen molar-refractivity contribution in [2.75, 3.05) is 6.61 Å². The largest absolute Gasteiger partial charge is 0.492 e. The second kappa shape index (κ2) is 5.46. The predicted molar refractivity (Wildman–Crippen MR) is 58.0 cm³/mol. The Morgan fingerprint density at radius 2 is 2.33 bits per heavy atom. The Balaban J connectivity index is 2.78. The lowest BCUT2D eigenvalue weighted by Crippen LogP contribution is -2.26. The molecule has 1 heterocycles. The van der Waals surface area contributed by atoms with Crippen LogP contribution in [0.1, 0.15) is 30.6 Å². The van der Waals surface area contributed by atoms with Crippen molar-refractivity contribution in [2.24, 2.45) is 5.73 Å². The molecule has 4 nitrogen and oxygen atoms in total. The minimum Gasteiger partial charge on any atom is -0.492 e. The lowest BCUT2D eigenvalue weighted by molar-refractivity contribution is 0.0967. The smallest absolute Gasteiger partial charge is 0.180 e. The van der Waals surface area contributed by atoms with Crippen LogP contribution in [0.3, 0.4) is 0 Å². The molecular weight excluding hydrogens is 192 g/mol. The normalized spacial score (nSPS) is 12.2. The summed E-state index contributed by atoms with van der Waals surface area (Å²) in [6.45, 7) is 4.30. The van der Waals surface area contributed by atoms with Crippen LogP contribution < -0.4 is 10.5 Å². The predicted octanol–water partition coefficient (Wildman–Crippen LogP) is 1.40. The summed E-state index contributed by atoms with van der Waals surface area (Å²) >= 11 is 0. The fraction of sp³-hybridized carbons (Fsp3) is 0.455. The number of aromatic nitrogens is 1. The SMILES string of the molecule is CCCOc1cncc(C(=O)C(C)N)c1. The van der Waals surface area contributed by atoms with Gasteiger partial charge in [0.2, 0.25) is 0 Å². The maximum atomic E-state index is 11.5. The number of nitrogens with zero attached hydrogens (tertiary/aromatic N) is 1. The van der Waals surface area contributed by atoms with Crippen LogP contribution in [-0.4, -0.2) is 23.4 Å². The van der Waals surface area contributed by atoms with Gasteiger partial charge in [-0.15, -0.1) is 0 Å². The molecule has 2 N–H and O–H groups in total. The number of carbonyl (C=O) groups is 1. The number of carbonyl (C=O) groups excluding carboxylic acids is 1. The molecule has 1 aromatic rings. The molecule has 0 amide bonds. The molecule has 1 rings (SSSR count). The average molecular weight is 208 g/mol. The fourth-order valence-corrected chi connectivity index (χ4v) is 1.12. The lowest BCUT2D eigenvalue weighted by Gasteiger charge is -2.07. The first-order valence-corrected chi connectivity index (χ1v) is 5.02. The minimum absolute atomic E-state index is 0.121. The van der Waals surface area contributed by atoms with Gasteiger partial charge in [0, 0.05) is 11.8 Å². The molecule has 0 spiro atoms. The van der Waals surface area contributed by atoms with E-state index in [0.717, 1.165) is 6.42 Å². The number of rotatable bonds is 5. The highest BCUT2D eigenvalue weighted by Gasteiger charge is 2.11. The Labute approximate surface area is 89.5 Å². The molecule has 0 saturated carbocycles. The zero-order valence-corrected chi connectivity index (χ0v) is 9.06. The molecule has 0 radical (unpaired) electrons. The van der Waals surface area contributed by atoms with Crippen LogP contribution in [0.25, 0.3) is 0 Å². The Morgan fingerprint density at radius 3 is 2.93 bits per heavy atom. The van der Waals surface area contributed by atoms with E-state index >= 15 is 0 Å². The van der Waals surface area contributed by atoms with Crippen molar-refractivity contribution in [2.45, 2.75) is 26.3 Å². The zero-order chi connectivity index (χ0) is 11.3. The molecular formula is C11H16N2O2. The van der Waals surface area contributed by atoms with E-state index < -0.39 is 6.04 Å². The molecule has 0 aliphatic heterocycles. The molecule has 0 bridgehead atoms. The van der Waals surface area contributed by atoms with E-state index in [1.54, 1.807) is 19.2 Å². The first-order chi connectivity index (χ1) is 7.15. The zero-order valence-electron chi connectivity index (χ0n) is 9.06. The molecule has 0 aliphatic rings. The highest BCUT2D eigenvalue weighted by Crippen LogP contribution is 2.12. The molecule has 0 aliphatic carbocycles. The monoisotopic (exact) mass is 208 g/mol. The first kappa shape index (κ1) is 11.7. The van der Waals surface area contributed by atoms with E-state index in [0.29, 0.717) is 17.9 Å². The van der Waals surface area contributed by atoms with Crippen LogP contribution in [0.4, 0.5) is 0 Å². The molecule has 82 valence electrons. The number of ether oxygens (including phenoxy) is 1. The summed E-state index contributed by atoms with van der Waals surface area (Å²) < 4.78 is 5.37. The molecule has 1 aromatic heterocycles. The number of hydrogen-bond acceptors (Lipinski definition) is 4. The van der Waals surface area contributed by atoms with Gasteiger partial charge in [-0.25, -0.2) is 0 Å². The third kappa shape index (κ3) is 3.32. The number of Topliss-reactive ketones (excluding diaryl/α,β-unsaturated/α-hetero) is 1. The maximum absolute atomic E-state index is 11.5. The third-order valence-electron chi connectivity index (χ3n) is 1.88. The topological polar surface area (TPSA) is 65.2 Å². The standard InChI is InChI=1S/C11H16N2O2/c1-3-4-15-10-5-9(6-13-7-10)11(14)8(2)12/h5-8H,3-4,12H2,1-2H3. The summed E-state index contributed by atoms with van der Waals surface area (Å²) in [6, 6.07) is 1.17. The quantitative estimate of drug-likeness (QED) is 0.743. The Morgan fingerprint density at radius 1 is 1.60 bits per heavy atom. The van der Waals surface area contributed by atoms with Gasteiger partial charge in [0.25, 0.3) is 0 Å². The van der Waals surface area contributed by atoms with E-state index in [-0.39, 0.29) is 5.78 Å². The summed E-state index contributed by atoms with van der Waals surface area (Å²) in [5.41, 5.74) is 6.00. The summed E-state index contributed by atoms with van der Waals surface area (Å²) in [7, 11) is 0. The van der Waals surface area contributed by atoms with Gasteiger partial charge in [-0.1, -0.05) is 6.92 Å². The van der Waals surface area contributed by atoms with Gasteiger partial charge in [0.15, 0.2) is 5.78 Å². The van der Waals surface area contributed by atoms with Gasteiger partial charge in [-0.2, -0.15) is 0 Å².